The van der Waals surface area contributed by atoms with Crippen LogP contribution in [0.15, 0.2) is 42.5 Å². The molecule has 2 fully saturated rings. The molecular weight excluding hydrogens is 354 g/mol. The van der Waals surface area contributed by atoms with Gasteiger partial charge in [-0.25, -0.2) is 0 Å². The van der Waals surface area contributed by atoms with Gasteiger partial charge in [0.15, 0.2) is 0 Å². The molecule has 3 N–H and O–H groups in total. The van der Waals surface area contributed by atoms with Gasteiger partial charge in [0.1, 0.15) is 6.04 Å². The lowest BCUT2D eigenvalue weighted by atomic mass is 9.85. The third-order valence-electron chi connectivity index (χ3n) is 5.64. The minimum absolute atomic E-state index is 0. The topological polar surface area (TPSA) is 92.5 Å². The minimum atomic E-state index is -0.759. The second-order valence-corrected chi connectivity index (χ2v) is 7.01. The molecule has 1 aromatic carbocycles. The van der Waals surface area contributed by atoms with Gasteiger partial charge in [-0.1, -0.05) is 42.5 Å². The lowest BCUT2D eigenvalue weighted by molar-refractivity contribution is -0.141. The van der Waals surface area contributed by atoms with Crippen LogP contribution in [-0.4, -0.2) is 35.7 Å². The number of likely N-dealkylation sites (tertiary alicyclic amines) is 1. The van der Waals surface area contributed by atoms with Gasteiger partial charge in [-0.3, -0.25) is 19.3 Å². The summed E-state index contributed by atoms with van der Waals surface area (Å²) in [6.45, 7) is 0.427. The zero-order chi connectivity index (χ0) is 17.6. The fourth-order valence-electron chi connectivity index (χ4n) is 4.40. The molecule has 26 heavy (non-hydrogen) atoms. The van der Waals surface area contributed by atoms with Crippen LogP contribution in [0.2, 0.25) is 0 Å². The van der Waals surface area contributed by atoms with Crippen LogP contribution in [0.25, 0.3) is 0 Å². The molecule has 138 valence electrons. The number of hydrogen-bond acceptors (Lipinski definition) is 4. The van der Waals surface area contributed by atoms with Gasteiger partial charge in [0.05, 0.1) is 11.8 Å². The summed E-state index contributed by atoms with van der Waals surface area (Å²) >= 11 is 0. The van der Waals surface area contributed by atoms with E-state index < -0.39 is 6.04 Å². The van der Waals surface area contributed by atoms with Gasteiger partial charge < -0.3 is 11.1 Å². The summed E-state index contributed by atoms with van der Waals surface area (Å²) in [5.41, 5.74) is 6.67. The molecule has 1 heterocycles. The van der Waals surface area contributed by atoms with Crippen molar-refractivity contribution in [2.24, 2.45) is 29.4 Å². The normalized spacial score (nSPS) is 29.5. The molecule has 2 bridgehead atoms. The highest BCUT2D eigenvalue weighted by atomic mass is 35.5. The molecule has 0 aromatic heterocycles. The van der Waals surface area contributed by atoms with Crippen molar-refractivity contribution in [3.05, 3.63) is 48.0 Å². The highest BCUT2D eigenvalue weighted by Gasteiger charge is 2.58. The van der Waals surface area contributed by atoms with Gasteiger partial charge in [-0.05, 0) is 23.8 Å². The minimum Gasteiger partial charge on any atom is -0.353 e. The number of nitrogens with one attached hydrogen (secondary N) is 1. The van der Waals surface area contributed by atoms with Gasteiger partial charge in [0, 0.05) is 13.1 Å². The number of hydrogen-bond donors (Lipinski definition) is 2. The van der Waals surface area contributed by atoms with Crippen LogP contribution in [0.5, 0.6) is 0 Å². The van der Waals surface area contributed by atoms with Gasteiger partial charge in [-0.2, -0.15) is 0 Å². The highest BCUT2D eigenvalue weighted by Crippen LogP contribution is 2.52. The molecule has 5 atom stereocenters. The lowest BCUT2D eigenvalue weighted by Gasteiger charge is -2.18. The Morgan fingerprint density at radius 2 is 1.69 bits per heavy atom. The Hall–Kier alpha value is -2.18. The van der Waals surface area contributed by atoms with E-state index in [9.17, 15) is 14.4 Å². The molecule has 1 saturated heterocycles. The Kier molecular flexibility index (Phi) is 5.16. The summed E-state index contributed by atoms with van der Waals surface area (Å²) in [5, 5.41) is 2.73. The number of imide groups is 1. The summed E-state index contributed by atoms with van der Waals surface area (Å²) < 4.78 is 0. The lowest BCUT2D eigenvalue weighted by Crippen LogP contribution is -2.42. The van der Waals surface area contributed by atoms with Crippen molar-refractivity contribution in [2.45, 2.75) is 12.5 Å². The molecule has 0 spiro atoms. The largest absolute Gasteiger partial charge is 0.353 e. The first kappa shape index (κ1) is 18.6. The number of fused-ring (bicyclic) bond motifs is 5. The molecule has 2 aliphatic carbocycles. The average Bonchev–Trinajstić information content (AvgIpc) is 3.31. The van der Waals surface area contributed by atoms with Crippen molar-refractivity contribution in [3.8, 4) is 0 Å². The molecule has 3 amide bonds. The molecule has 1 saturated carbocycles. The van der Waals surface area contributed by atoms with E-state index >= 15 is 0 Å². The number of carbonyl (C=O) groups excluding carboxylic acids is 3. The van der Waals surface area contributed by atoms with Crippen molar-refractivity contribution in [3.63, 3.8) is 0 Å². The molecule has 6 nitrogen and oxygen atoms in total. The Morgan fingerprint density at radius 3 is 2.27 bits per heavy atom. The first-order valence-corrected chi connectivity index (χ1v) is 8.69. The summed E-state index contributed by atoms with van der Waals surface area (Å²) in [6.07, 6.45) is 5.06. The van der Waals surface area contributed by atoms with E-state index in [1.807, 2.05) is 18.2 Å². The van der Waals surface area contributed by atoms with Crippen molar-refractivity contribution >= 4 is 30.1 Å². The number of nitrogens with two attached hydrogens (primary N) is 1. The van der Waals surface area contributed by atoms with Crippen LogP contribution < -0.4 is 11.1 Å². The van der Waals surface area contributed by atoms with E-state index in [1.54, 1.807) is 12.1 Å². The predicted molar refractivity (Wildman–Crippen MR) is 98.1 cm³/mol. The Labute approximate surface area is 158 Å². The van der Waals surface area contributed by atoms with E-state index in [-0.39, 0.29) is 66.9 Å². The number of halogens is 1. The van der Waals surface area contributed by atoms with Crippen molar-refractivity contribution in [1.29, 1.82) is 0 Å². The Bertz CT molecular complexity index is 722. The second-order valence-electron chi connectivity index (χ2n) is 7.01. The fourth-order valence-corrected chi connectivity index (χ4v) is 4.40. The van der Waals surface area contributed by atoms with E-state index in [4.69, 9.17) is 5.73 Å². The Morgan fingerprint density at radius 1 is 1.12 bits per heavy atom. The van der Waals surface area contributed by atoms with Crippen molar-refractivity contribution in [1.82, 2.24) is 10.2 Å². The number of amides is 3. The van der Waals surface area contributed by atoms with E-state index in [2.05, 4.69) is 17.5 Å². The molecular formula is C19H22ClN3O3. The molecule has 1 aromatic rings. The number of rotatable bonds is 5. The third kappa shape index (κ3) is 2.93. The van der Waals surface area contributed by atoms with Crippen LogP contribution in [0.1, 0.15) is 18.0 Å². The monoisotopic (exact) mass is 375 g/mol. The zero-order valence-corrected chi connectivity index (χ0v) is 15.0. The van der Waals surface area contributed by atoms with Gasteiger partial charge in [-0.15, -0.1) is 12.4 Å². The average molecular weight is 376 g/mol. The van der Waals surface area contributed by atoms with E-state index in [0.717, 1.165) is 12.0 Å². The van der Waals surface area contributed by atoms with Gasteiger partial charge >= 0.3 is 0 Å². The first-order valence-electron chi connectivity index (χ1n) is 8.69. The quantitative estimate of drug-likeness (QED) is 0.594. The molecule has 3 aliphatic rings. The predicted octanol–water partition coefficient (Wildman–Crippen LogP) is 1.03. The van der Waals surface area contributed by atoms with Crippen LogP contribution in [0.4, 0.5) is 0 Å². The summed E-state index contributed by atoms with van der Waals surface area (Å²) in [5.74, 6) is -0.459. The van der Waals surface area contributed by atoms with Crippen LogP contribution >= 0.6 is 12.4 Å². The Balaban J connectivity index is 0.00000196. The summed E-state index contributed by atoms with van der Waals surface area (Å²) in [6, 6.07) is 8.34. The fraction of sp³-hybridized carbons (Fsp3) is 0.421. The van der Waals surface area contributed by atoms with Crippen LogP contribution in [-0.2, 0) is 14.4 Å². The summed E-state index contributed by atoms with van der Waals surface area (Å²) in [7, 11) is 0. The molecule has 4 rings (SSSR count). The molecule has 1 aliphatic heterocycles. The first-order chi connectivity index (χ1) is 12.1. The van der Waals surface area contributed by atoms with Crippen molar-refractivity contribution < 1.29 is 14.4 Å². The molecule has 7 heteroatoms. The van der Waals surface area contributed by atoms with E-state index in [1.165, 1.54) is 4.90 Å². The highest BCUT2D eigenvalue weighted by molar-refractivity contribution is 6.06. The van der Waals surface area contributed by atoms with Gasteiger partial charge in [0.25, 0.3) is 0 Å². The summed E-state index contributed by atoms with van der Waals surface area (Å²) in [4.78, 5) is 38.6. The number of allylic oxidation sites excluding steroid dienone is 2. The zero-order valence-electron chi connectivity index (χ0n) is 14.2. The van der Waals surface area contributed by atoms with Gasteiger partial charge in [0.2, 0.25) is 17.7 Å². The second kappa shape index (κ2) is 7.21. The van der Waals surface area contributed by atoms with Crippen LogP contribution in [0.3, 0.4) is 0 Å². The smallest absolute Gasteiger partial charge is 0.241 e. The standard InChI is InChI=1S/C19H21N3O3.ClH/c20-16(11-4-2-1-3-5-11)17(23)21-8-9-22-18(24)14-12-6-7-13(10-12)15(14)19(22)25;/h1-7,12-16H,8-10,20H2,(H,21,23);1H. The van der Waals surface area contributed by atoms with Crippen LogP contribution in [0, 0.1) is 23.7 Å². The third-order valence-corrected chi connectivity index (χ3v) is 5.64. The number of carbonyl (C=O) groups is 3. The van der Waals surface area contributed by atoms with Crippen molar-refractivity contribution in [2.75, 3.05) is 13.1 Å². The number of nitrogens with zero attached hydrogens (tertiary/aromatic N) is 1. The maximum absolute atomic E-state index is 12.6. The maximum Gasteiger partial charge on any atom is 0.241 e. The van der Waals surface area contributed by atoms with E-state index in [0.29, 0.717) is 0 Å². The molecule has 5 unspecified atom stereocenters. The number of benzene rings is 1. The molecule has 0 radical (unpaired) electrons. The maximum atomic E-state index is 12.6. The SMILES string of the molecule is Cl.NC(C(=O)NCCN1C(=O)C2C3C=CC(C3)C2C1=O)c1ccccc1.